The maximum absolute atomic E-state index is 4.37. The van der Waals surface area contributed by atoms with Crippen LogP contribution in [0.25, 0.3) is 22.3 Å². The molecular weight excluding hydrogens is 330 g/mol. The van der Waals surface area contributed by atoms with Crippen molar-refractivity contribution in [3.8, 4) is 11.5 Å². The first-order valence-corrected chi connectivity index (χ1v) is 9.14. The van der Waals surface area contributed by atoms with E-state index in [-0.39, 0.29) is 0 Å². The molecule has 0 fully saturated rings. The molecule has 0 aliphatic heterocycles. The summed E-state index contributed by atoms with van der Waals surface area (Å²) < 4.78 is 2.08. The Balaban J connectivity index is 1.62. The third kappa shape index (κ3) is 3.13. The number of nitrogens with zero attached hydrogens (tertiary/aromatic N) is 5. The van der Waals surface area contributed by atoms with Crippen LogP contribution in [-0.4, -0.2) is 24.7 Å². The Labute approximate surface area is 150 Å². The van der Waals surface area contributed by atoms with Crippen LogP contribution in [0.2, 0.25) is 0 Å². The third-order valence-electron chi connectivity index (χ3n) is 4.06. The largest absolute Gasteiger partial charge is 0.301 e. The van der Waals surface area contributed by atoms with Gasteiger partial charge in [0, 0.05) is 24.7 Å². The van der Waals surface area contributed by atoms with Crippen molar-refractivity contribution in [1.82, 2.24) is 24.7 Å². The van der Waals surface area contributed by atoms with Crippen molar-refractivity contribution in [2.75, 3.05) is 0 Å². The van der Waals surface area contributed by atoms with Gasteiger partial charge in [-0.05, 0) is 23.3 Å². The number of hydrogen-bond acceptors (Lipinski definition) is 5. The van der Waals surface area contributed by atoms with Crippen molar-refractivity contribution in [2.24, 2.45) is 0 Å². The Bertz CT molecular complexity index is 992. The fraction of sp³-hybridized carbons (Fsp3) is 0.158. The maximum Gasteiger partial charge on any atom is 0.191 e. The van der Waals surface area contributed by atoms with Crippen molar-refractivity contribution in [2.45, 2.75) is 24.4 Å². The first kappa shape index (κ1) is 15.8. The molecular formula is C19H17N5S. The van der Waals surface area contributed by atoms with Crippen molar-refractivity contribution in [3.05, 3.63) is 66.6 Å². The summed E-state index contributed by atoms with van der Waals surface area (Å²) in [4.78, 5) is 8.46. The molecule has 6 heteroatoms. The molecule has 0 aliphatic rings. The summed E-state index contributed by atoms with van der Waals surface area (Å²) in [5.74, 6) is 1.61. The lowest BCUT2D eigenvalue weighted by Gasteiger charge is -2.08. The number of benzene rings is 2. The Morgan fingerprint density at radius 3 is 2.72 bits per heavy atom. The Kier molecular flexibility index (Phi) is 4.43. The van der Waals surface area contributed by atoms with Gasteiger partial charge in [-0.1, -0.05) is 54.2 Å². The molecule has 0 aliphatic carbocycles. The van der Waals surface area contributed by atoms with Crippen LogP contribution >= 0.6 is 11.8 Å². The van der Waals surface area contributed by atoms with Crippen LogP contribution in [0.5, 0.6) is 0 Å². The lowest BCUT2D eigenvalue weighted by Crippen LogP contribution is -2.01. The van der Waals surface area contributed by atoms with Gasteiger partial charge in [0.25, 0.3) is 0 Å². The van der Waals surface area contributed by atoms with E-state index in [0.29, 0.717) is 0 Å². The molecule has 4 rings (SSSR count). The van der Waals surface area contributed by atoms with E-state index in [1.54, 1.807) is 30.4 Å². The monoisotopic (exact) mass is 347 g/mol. The zero-order valence-corrected chi connectivity index (χ0v) is 14.6. The number of thioether (sulfide) groups is 1. The molecule has 0 N–H and O–H groups in total. The highest BCUT2D eigenvalue weighted by Gasteiger charge is 2.14. The van der Waals surface area contributed by atoms with Gasteiger partial charge in [-0.3, -0.25) is 4.98 Å². The second-order valence-electron chi connectivity index (χ2n) is 5.57. The Hall–Kier alpha value is -2.73. The highest BCUT2D eigenvalue weighted by Crippen LogP contribution is 2.28. The molecule has 5 nitrogen and oxygen atoms in total. The van der Waals surface area contributed by atoms with Crippen molar-refractivity contribution in [1.29, 1.82) is 0 Å². The Morgan fingerprint density at radius 1 is 1.00 bits per heavy atom. The van der Waals surface area contributed by atoms with Gasteiger partial charge in [-0.15, -0.1) is 10.2 Å². The van der Waals surface area contributed by atoms with Crippen LogP contribution in [0.15, 0.2) is 66.2 Å². The highest BCUT2D eigenvalue weighted by molar-refractivity contribution is 7.98. The van der Waals surface area contributed by atoms with Gasteiger partial charge in [-0.2, -0.15) is 0 Å². The topological polar surface area (TPSA) is 56.5 Å². The second-order valence-corrected chi connectivity index (χ2v) is 6.51. The number of hydrogen-bond donors (Lipinski definition) is 0. The molecule has 0 unspecified atom stereocenters. The van der Waals surface area contributed by atoms with Crippen LogP contribution in [-0.2, 0) is 12.3 Å². The zero-order valence-electron chi connectivity index (χ0n) is 13.8. The van der Waals surface area contributed by atoms with E-state index in [4.69, 9.17) is 0 Å². The van der Waals surface area contributed by atoms with Gasteiger partial charge < -0.3 is 4.57 Å². The normalized spacial score (nSPS) is 11.1. The van der Waals surface area contributed by atoms with Crippen molar-refractivity contribution >= 4 is 22.5 Å². The predicted octanol–water partition coefficient (Wildman–Crippen LogP) is 4.20. The molecule has 2 aromatic heterocycles. The summed E-state index contributed by atoms with van der Waals surface area (Å²) in [6.07, 6.45) is 5.05. The van der Waals surface area contributed by atoms with Crippen LogP contribution in [0.1, 0.15) is 12.5 Å². The van der Waals surface area contributed by atoms with Gasteiger partial charge in [0.15, 0.2) is 11.0 Å². The first-order chi connectivity index (χ1) is 12.4. The minimum atomic E-state index is 0.744. The maximum atomic E-state index is 4.37. The molecule has 0 bridgehead atoms. The zero-order chi connectivity index (χ0) is 17.1. The lowest BCUT2D eigenvalue weighted by molar-refractivity contribution is 0.685. The molecule has 0 amide bonds. The second kappa shape index (κ2) is 7.03. The fourth-order valence-electron chi connectivity index (χ4n) is 2.85. The molecule has 0 saturated carbocycles. The number of rotatable bonds is 5. The van der Waals surface area contributed by atoms with Gasteiger partial charge in [-0.25, -0.2) is 4.98 Å². The van der Waals surface area contributed by atoms with Crippen LogP contribution in [0, 0.1) is 0 Å². The average molecular weight is 347 g/mol. The molecule has 4 aromatic rings. The van der Waals surface area contributed by atoms with E-state index in [1.807, 2.05) is 0 Å². The molecule has 124 valence electrons. The van der Waals surface area contributed by atoms with Gasteiger partial charge in [0.1, 0.15) is 5.69 Å². The predicted molar refractivity (Wildman–Crippen MR) is 100 cm³/mol. The van der Waals surface area contributed by atoms with Crippen molar-refractivity contribution < 1.29 is 0 Å². The van der Waals surface area contributed by atoms with E-state index in [9.17, 15) is 0 Å². The summed E-state index contributed by atoms with van der Waals surface area (Å²) in [7, 11) is 0. The fourth-order valence-corrected chi connectivity index (χ4v) is 3.85. The molecule has 0 spiro atoms. The highest BCUT2D eigenvalue weighted by atomic mass is 32.2. The van der Waals surface area contributed by atoms with Gasteiger partial charge >= 0.3 is 0 Å². The lowest BCUT2D eigenvalue weighted by atomic mass is 10.1. The molecule has 0 atom stereocenters. The van der Waals surface area contributed by atoms with Crippen molar-refractivity contribution in [3.63, 3.8) is 0 Å². The smallest absolute Gasteiger partial charge is 0.191 e. The van der Waals surface area contributed by atoms with E-state index >= 15 is 0 Å². The first-order valence-electron chi connectivity index (χ1n) is 8.16. The molecule has 0 radical (unpaired) electrons. The SMILES string of the molecule is CCn1c(SCc2cccc3ccccc23)nnc1-c1cnccn1. The summed E-state index contributed by atoms with van der Waals surface area (Å²) in [6.45, 7) is 2.88. The number of fused-ring (bicyclic) bond motifs is 1. The van der Waals surface area contributed by atoms with E-state index in [2.05, 4.69) is 74.1 Å². The van der Waals surface area contributed by atoms with Crippen LogP contribution in [0.3, 0.4) is 0 Å². The van der Waals surface area contributed by atoms with E-state index < -0.39 is 0 Å². The van der Waals surface area contributed by atoms with E-state index in [0.717, 1.165) is 29.0 Å². The van der Waals surface area contributed by atoms with Gasteiger partial charge in [0.05, 0.1) is 6.20 Å². The number of aromatic nitrogens is 5. The van der Waals surface area contributed by atoms with Crippen LogP contribution in [0.4, 0.5) is 0 Å². The Morgan fingerprint density at radius 2 is 1.88 bits per heavy atom. The standard InChI is InChI=1S/C19H17N5S/c1-2-24-18(17-12-20-10-11-21-17)22-23-19(24)25-13-15-8-5-7-14-6-3-4-9-16(14)15/h3-12H,2,13H2,1H3. The summed E-state index contributed by atoms with van der Waals surface area (Å²) in [5.41, 5.74) is 2.05. The molecule has 25 heavy (non-hydrogen) atoms. The molecule has 2 aromatic carbocycles. The quantitative estimate of drug-likeness (QED) is 0.506. The van der Waals surface area contributed by atoms with E-state index in [1.165, 1.54) is 16.3 Å². The molecule has 0 saturated heterocycles. The summed E-state index contributed by atoms with van der Waals surface area (Å²) >= 11 is 1.70. The molecule has 2 heterocycles. The minimum Gasteiger partial charge on any atom is -0.301 e. The third-order valence-corrected chi connectivity index (χ3v) is 5.08. The van der Waals surface area contributed by atoms with Crippen LogP contribution < -0.4 is 0 Å². The minimum absolute atomic E-state index is 0.744. The summed E-state index contributed by atoms with van der Waals surface area (Å²) in [6, 6.07) is 14.9. The average Bonchev–Trinajstić information content (AvgIpc) is 3.10. The van der Waals surface area contributed by atoms with Gasteiger partial charge in [0.2, 0.25) is 0 Å². The summed E-state index contributed by atoms with van der Waals surface area (Å²) in [5, 5.41) is 12.1.